The molecule has 19 heavy (non-hydrogen) atoms. The highest BCUT2D eigenvalue weighted by Crippen LogP contribution is 2.18. The summed E-state index contributed by atoms with van der Waals surface area (Å²) in [6, 6.07) is 1.76. The van der Waals surface area contributed by atoms with Crippen molar-refractivity contribution in [3.8, 4) is 0 Å². The Kier molecular flexibility index (Phi) is 4.17. The molecule has 2 aromatic rings. The van der Waals surface area contributed by atoms with E-state index in [1.807, 2.05) is 0 Å². The summed E-state index contributed by atoms with van der Waals surface area (Å²) in [5.74, 6) is -0.0363. The molecule has 0 saturated heterocycles. The molecule has 2 rings (SSSR count). The van der Waals surface area contributed by atoms with Crippen LogP contribution in [-0.2, 0) is 17.9 Å². The molecule has 0 aliphatic heterocycles. The van der Waals surface area contributed by atoms with Gasteiger partial charge in [-0.05, 0) is 6.92 Å². The van der Waals surface area contributed by atoms with Gasteiger partial charge in [0.15, 0.2) is 11.0 Å². The Balaban J connectivity index is 2.20. The van der Waals surface area contributed by atoms with Crippen molar-refractivity contribution in [3.05, 3.63) is 23.3 Å². The number of aliphatic hydroxyl groups excluding tert-OH is 1. The number of aryl methyl sites for hydroxylation is 1. The van der Waals surface area contributed by atoms with E-state index in [9.17, 15) is 9.90 Å². The standard InChI is InChI=1S/C10H12N4O4S/c1-6-2-7(13-18-6)3-14-8(4-15)11-12-10(14)19-5-9(16)17/h2,15H,3-5H2,1H3,(H,16,17). The van der Waals surface area contributed by atoms with Gasteiger partial charge in [-0.15, -0.1) is 10.2 Å². The Bertz CT molecular complexity index is 580. The molecule has 0 atom stereocenters. The van der Waals surface area contributed by atoms with Gasteiger partial charge in [-0.1, -0.05) is 16.9 Å². The second-order valence-electron chi connectivity index (χ2n) is 3.75. The SMILES string of the molecule is Cc1cc(Cn2c(CO)nnc2SCC(=O)O)no1. The van der Waals surface area contributed by atoms with Crippen LogP contribution in [0.5, 0.6) is 0 Å². The molecule has 2 aromatic heterocycles. The maximum absolute atomic E-state index is 10.6. The van der Waals surface area contributed by atoms with Crippen LogP contribution in [0.15, 0.2) is 15.7 Å². The van der Waals surface area contributed by atoms with Crippen LogP contribution in [0.3, 0.4) is 0 Å². The summed E-state index contributed by atoms with van der Waals surface area (Å²) >= 11 is 1.04. The number of aliphatic hydroxyl groups is 1. The number of carboxylic acid groups (broad SMARTS) is 1. The van der Waals surface area contributed by atoms with E-state index in [1.54, 1.807) is 17.6 Å². The lowest BCUT2D eigenvalue weighted by Gasteiger charge is -2.05. The van der Waals surface area contributed by atoms with Crippen molar-refractivity contribution < 1.29 is 19.5 Å². The summed E-state index contributed by atoms with van der Waals surface area (Å²) in [6.07, 6.45) is 0. The van der Waals surface area contributed by atoms with Gasteiger partial charge in [-0.2, -0.15) is 0 Å². The lowest BCUT2D eigenvalue weighted by atomic mass is 10.4. The van der Waals surface area contributed by atoms with Crippen molar-refractivity contribution in [2.45, 2.75) is 25.2 Å². The Hall–Kier alpha value is -1.87. The second-order valence-corrected chi connectivity index (χ2v) is 4.70. The van der Waals surface area contributed by atoms with Crippen LogP contribution in [0.1, 0.15) is 17.3 Å². The average Bonchev–Trinajstić information content (AvgIpc) is 2.94. The first-order valence-corrected chi connectivity index (χ1v) is 6.38. The third kappa shape index (κ3) is 3.32. The molecule has 2 heterocycles. The number of aliphatic carboxylic acids is 1. The molecule has 0 unspecified atom stereocenters. The largest absolute Gasteiger partial charge is 0.481 e. The highest BCUT2D eigenvalue weighted by molar-refractivity contribution is 7.99. The fourth-order valence-electron chi connectivity index (χ4n) is 1.48. The summed E-state index contributed by atoms with van der Waals surface area (Å²) < 4.78 is 6.57. The first-order chi connectivity index (χ1) is 9.10. The van der Waals surface area contributed by atoms with E-state index in [0.717, 1.165) is 11.8 Å². The van der Waals surface area contributed by atoms with Gasteiger partial charge in [-0.25, -0.2) is 0 Å². The van der Waals surface area contributed by atoms with Crippen LogP contribution < -0.4 is 0 Å². The molecule has 0 aromatic carbocycles. The Labute approximate surface area is 112 Å². The molecule has 0 radical (unpaired) electrons. The molecule has 8 nitrogen and oxygen atoms in total. The van der Waals surface area contributed by atoms with Gasteiger partial charge in [-0.3, -0.25) is 9.36 Å². The van der Waals surface area contributed by atoms with Crippen LogP contribution in [0.4, 0.5) is 0 Å². The Morgan fingerprint density at radius 3 is 2.89 bits per heavy atom. The zero-order valence-corrected chi connectivity index (χ0v) is 10.9. The monoisotopic (exact) mass is 284 g/mol. The minimum atomic E-state index is -0.942. The Morgan fingerprint density at radius 1 is 1.53 bits per heavy atom. The highest BCUT2D eigenvalue weighted by Gasteiger charge is 2.15. The first kappa shape index (κ1) is 13.6. The summed E-state index contributed by atoms with van der Waals surface area (Å²) in [7, 11) is 0. The predicted octanol–water partition coefficient (Wildman–Crippen LogP) is 0.292. The fraction of sp³-hybridized carbons (Fsp3) is 0.400. The smallest absolute Gasteiger partial charge is 0.313 e. The number of rotatable bonds is 6. The zero-order valence-electron chi connectivity index (χ0n) is 10.1. The minimum Gasteiger partial charge on any atom is -0.481 e. The average molecular weight is 284 g/mol. The summed E-state index contributed by atoms with van der Waals surface area (Å²) in [6.45, 7) is 1.81. The summed E-state index contributed by atoms with van der Waals surface area (Å²) in [5, 5.41) is 29.8. The van der Waals surface area contributed by atoms with Gasteiger partial charge >= 0.3 is 5.97 Å². The quantitative estimate of drug-likeness (QED) is 0.727. The Morgan fingerprint density at radius 2 is 2.32 bits per heavy atom. The first-order valence-electron chi connectivity index (χ1n) is 5.40. The van der Waals surface area contributed by atoms with Crippen molar-refractivity contribution in [2.24, 2.45) is 0 Å². The number of carbonyl (C=O) groups is 1. The third-order valence-corrected chi connectivity index (χ3v) is 3.21. The molecule has 0 aliphatic rings. The lowest BCUT2D eigenvalue weighted by Crippen LogP contribution is -2.08. The summed E-state index contributed by atoms with van der Waals surface area (Å²) in [5.41, 5.74) is 0.657. The molecule has 0 spiro atoms. The maximum Gasteiger partial charge on any atom is 0.313 e. The van der Waals surface area contributed by atoms with E-state index in [2.05, 4.69) is 15.4 Å². The number of carboxylic acids is 1. The van der Waals surface area contributed by atoms with Gasteiger partial charge in [0, 0.05) is 6.07 Å². The third-order valence-electron chi connectivity index (χ3n) is 2.26. The van der Waals surface area contributed by atoms with E-state index in [0.29, 0.717) is 29.0 Å². The maximum atomic E-state index is 10.6. The van der Waals surface area contributed by atoms with Gasteiger partial charge in [0.2, 0.25) is 0 Å². The molecular formula is C10H12N4O4S. The predicted molar refractivity (Wildman–Crippen MR) is 64.6 cm³/mol. The van der Waals surface area contributed by atoms with E-state index in [4.69, 9.17) is 9.63 Å². The van der Waals surface area contributed by atoms with Crippen molar-refractivity contribution >= 4 is 17.7 Å². The van der Waals surface area contributed by atoms with Crippen LogP contribution in [0, 0.1) is 6.92 Å². The number of nitrogens with zero attached hydrogens (tertiary/aromatic N) is 4. The topological polar surface area (TPSA) is 114 Å². The van der Waals surface area contributed by atoms with Crippen molar-refractivity contribution in [1.29, 1.82) is 0 Å². The molecule has 2 N–H and O–H groups in total. The molecular weight excluding hydrogens is 272 g/mol. The van der Waals surface area contributed by atoms with Gasteiger partial charge < -0.3 is 14.7 Å². The fourth-order valence-corrected chi connectivity index (χ4v) is 2.16. The van der Waals surface area contributed by atoms with Crippen LogP contribution in [-0.4, -0.2) is 41.9 Å². The number of aromatic nitrogens is 4. The molecule has 9 heteroatoms. The normalized spacial score (nSPS) is 10.8. The second kappa shape index (κ2) is 5.85. The van der Waals surface area contributed by atoms with Gasteiger partial charge in [0.05, 0.1) is 12.3 Å². The molecule has 0 bridgehead atoms. The molecule has 0 aliphatic carbocycles. The van der Waals surface area contributed by atoms with Crippen LogP contribution >= 0.6 is 11.8 Å². The van der Waals surface area contributed by atoms with Crippen LogP contribution in [0.25, 0.3) is 0 Å². The highest BCUT2D eigenvalue weighted by atomic mass is 32.2. The van der Waals surface area contributed by atoms with E-state index in [1.165, 1.54) is 0 Å². The van der Waals surface area contributed by atoms with Gasteiger partial charge in [0.25, 0.3) is 0 Å². The number of thioether (sulfide) groups is 1. The van der Waals surface area contributed by atoms with Crippen molar-refractivity contribution in [1.82, 2.24) is 19.9 Å². The van der Waals surface area contributed by atoms with Gasteiger partial charge in [0.1, 0.15) is 18.1 Å². The van der Waals surface area contributed by atoms with Crippen molar-refractivity contribution in [3.63, 3.8) is 0 Å². The molecule has 0 amide bonds. The molecule has 0 fully saturated rings. The molecule has 0 saturated carbocycles. The summed E-state index contributed by atoms with van der Waals surface area (Å²) in [4.78, 5) is 10.6. The van der Waals surface area contributed by atoms with E-state index >= 15 is 0 Å². The van der Waals surface area contributed by atoms with Crippen molar-refractivity contribution in [2.75, 3.05) is 5.75 Å². The number of hydrogen-bond donors (Lipinski definition) is 2. The zero-order chi connectivity index (χ0) is 13.8. The van der Waals surface area contributed by atoms with E-state index < -0.39 is 5.97 Å². The number of hydrogen-bond acceptors (Lipinski definition) is 7. The minimum absolute atomic E-state index is 0.124. The van der Waals surface area contributed by atoms with Crippen LogP contribution in [0.2, 0.25) is 0 Å². The van der Waals surface area contributed by atoms with E-state index in [-0.39, 0.29) is 12.4 Å². The lowest BCUT2D eigenvalue weighted by molar-refractivity contribution is -0.133. The molecule has 102 valence electrons.